The zero-order valence-electron chi connectivity index (χ0n) is 32.2. The molecule has 0 fully saturated rings. The van der Waals surface area contributed by atoms with Crippen LogP contribution in [0.5, 0.6) is 0 Å². The Morgan fingerprint density at radius 1 is 0.350 bits per heavy atom. The molecule has 13 rings (SSSR count). The van der Waals surface area contributed by atoms with Crippen molar-refractivity contribution in [3.8, 4) is 39.9 Å². The number of furan rings is 1. The molecule has 0 amide bonds. The first-order valence-corrected chi connectivity index (χ1v) is 20.3. The van der Waals surface area contributed by atoms with E-state index in [2.05, 4.69) is 187 Å². The molecule has 5 heteroatoms. The first kappa shape index (κ1) is 32.9. The van der Waals surface area contributed by atoms with Gasteiger partial charge in [-0.2, -0.15) is 9.97 Å². The van der Waals surface area contributed by atoms with Crippen molar-refractivity contribution in [2.24, 2.45) is 0 Å². The van der Waals surface area contributed by atoms with Crippen LogP contribution in [0.15, 0.2) is 199 Å². The van der Waals surface area contributed by atoms with Crippen LogP contribution < -0.4 is 0 Å². The van der Waals surface area contributed by atoms with E-state index >= 15 is 0 Å². The molecule has 0 radical (unpaired) electrons. The molecule has 0 atom stereocenters. The molecule has 3 heterocycles. The molecule has 10 aromatic carbocycles. The standard InChI is InChI=1S/C55H32N4O/c1-2-13-33(14-3-1)46-31-37-18-4-5-19-38(37)32-47(46)54-56-53(45-23-12-24-48-49(45)44-30-27-36-17-8-11-22-41(36)52(44)60-48)57-55(58-54)59-50-39-20-9-6-15-34(39)25-28-42(50)43-29-26-35-16-7-10-21-40(35)51(43)59/h1-32H. The number of hydrogen-bond donors (Lipinski definition) is 0. The molecular formula is C55H32N4O. The number of hydrogen-bond acceptors (Lipinski definition) is 4. The third kappa shape index (κ3) is 4.84. The zero-order chi connectivity index (χ0) is 39.3. The van der Waals surface area contributed by atoms with Gasteiger partial charge in [-0.25, -0.2) is 4.98 Å². The number of rotatable bonds is 4. The second-order valence-corrected chi connectivity index (χ2v) is 15.5. The second kappa shape index (κ2) is 12.7. The fraction of sp³-hybridized carbons (Fsp3) is 0. The molecule has 60 heavy (non-hydrogen) atoms. The number of nitrogens with zero attached hydrogens (tertiary/aromatic N) is 4. The van der Waals surface area contributed by atoms with Crippen molar-refractivity contribution < 1.29 is 4.42 Å². The molecule has 0 N–H and O–H groups in total. The van der Waals surface area contributed by atoms with Crippen molar-refractivity contribution >= 4 is 86.8 Å². The fourth-order valence-electron chi connectivity index (χ4n) is 9.47. The van der Waals surface area contributed by atoms with Crippen molar-refractivity contribution in [1.82, 2.24) is 19.5 Å². The van der Waals surface area contributed by atoms with Gasteiger partial charge in [-0.15, -0.1) is 0 Å². The van der Waals surface area contributed by atoms with E-state index in [1.165, 1.54) is 0 Å². The summed E-state index contributed by atoms with van der Waals surface area (Å²) in [4.78, 5) is 16.6. The van der Waals surface area contributed by atoms with Crippen LogP contribution in [0, 0.1) is 0 Å². The van der Waals surface area contributed by atoms with E-state index in [1.807, 2.05) is 12.1 Å². The number of benzene rings is 10. The Balaban J connectivity index is 1.20. The van der Waals surface area contributed by atoms with Gasteiger partial charge in [0.15, 0.2) is 11.6 Å². The lowest BCUT2D eigenvalue weighted by molar-refractivity contribution is 0.672. The molecule has 0 unspecified atom stereocenters. The Bertz CT molecular complexity index is 3810. The van der Waals surface area contributed by atoms with Gasteiger partial charge in [0, 0.05) is 48.8 Å². The smallest absolute Gasteiger partial charge is 0.238 e. The maximum atomic E-state index is 6.71. The van der Waals surface area contributed by atoms with Gasteiger partial charge in [0.05, 0.1) is 11.0 Å². The molecule has 0 bridgehead atoms. The van der Waals surface area contributed by atoms with Gasteiger partial charge in [0.25, 0.3) is 0 Å². The van der Waals surface area contributed by atoms with Gasteiger partial charge < -0.3 is 4.42 Å². The average molecular weight is 765 g/mol. The highest BCUT2D eigenvalue weighted by atomic mass is 16.3. The largest absolute Gasteiger partial charge is 0.455 e. The summed E-state index contributed by atoms with van der Waals surface area (Å²) in [6.45, 7) is 0. The van der Waals surface area contributed by atoms with Crippen LogP contribution in [-0.4, -0.2) is 19.5 Å². The predicted molar refractivity (Wildman–Crippen MR) is 248 cm³/mol. The van der Waals surface area contributed by atoms with E-state index in [1.54, 1.807) is 0 Å². The highest BCUT2D eigenvalue weighted by Crippen LogP contribution is 2.43. The van der Waals surface area contributed by atoms with E-state index in [-0.39, 0.29) is 0 Å². The number of aromatic nitrogens is 4. The summed E-state index contributed by atoms with van der Waals surface area (Å²) in [5.74, 6) is 1.70. The van der Waals surface area contributed by atoms with E-state index in [4.69, 9.17) is 19.4 Å². The third-order valence-electron chi connectivity index (χ3n) is 12.2. The van der Waals surface area contributed by atoms with Gasteiger partial charge in [0.1, 0.15) is 11.2 Å². The first-order valence-electron chi connectivity index (χ1n) is 20.3. The molecule has 5 nitrogen and oxygen atoms in total. The van der Waals surface area contributed by atoms with E-state index in [0.29, 0.717) is 17.6 Å². The second-order valence-electron chi connectivity index (χ2n) is 15.5. The van der Waals surface area contributed by atoms with E-state index < -0.39 is 0 Å². The Labute approximate surface area is 343 Å². The van der Waals surface area contributed by atoms with Gasteiger partial charge in [-0.1, -0.05) is 170 Å². The molecule has 278 valence electrons. The third-order valence-corrected chi connectivity index (χ3v) is 12.2. The van der Waals surface area contributed by atoms with E-state index in [0.717, 1.165) is 109 Å². The zero-order valence-corrected chi connectivity index (χ0v) is 32.2. The molecule has 0 saturated carbocycles. The lowest BCUT2D eigenvalue weighted by Gasteiger charge is -2.15. The molecule has 0 aliphatic heterocycles. The van der Waals surface area contributed by atoms with Crippen LogP contribution in [0.25, 0.3) is 127 Å². The van der Waals surface area contributed by atoms with Gasteiger partial charge in [-0.3, -0.25) is 4.57 Å². The van der Waals surface area contributed by atoms with Crippen LogP contribution >= 0.6 is 0 Å². The maximum absolute atomic E-state index is 6.71. The van der Waals surface area contributed by atoms with Crippen LogP contribution in [0.3, 0.4) is 0 Å². The summed E-state index contributed by atoms with van der Waals surface area (Å²) in [5, 5.41) is 13.3. The molecule has 0 aliphatic rings. The monoisotopic (exact) mass is 764 g/mol. The lowest BCUT2D eigenvalue weighted by Crippen LogP contribution is -2.07. The summed E-state index contributed by atoms with van der Waals surface area (Å²) in [7, 11) is 0. The summed E-state index contributed by atoms with van der Waals surface area (Å²) in [6.07, 6.45) is 0. The van der Waals surface area contributed by atoms with Crippen molar-refractivity contribution in [2.45, 2.75) is 0 Å². The topological polar surface area (TPSA) is 56.7 Å². The van der Waals surface area contributed by atoms with Crippen LogP contribution in [0.1, 0.15) is 0 Å². The summed E-state index contributed by atoms with van der Waals surface area (Å²) in [6, 6.07) is 68.5. The predicted octanol–water partition coefficient (Wildman–Crippen LogP) is 14.5. The summed E-state index contributed by atoms with van der Waals surface area (Å²) >= 11 is 0. The van der Waals surface area contributed by atoms with Gasteiger partial charge in [-0.05, 0) is 62.3 Å². The van der Waals surface area contributed by atoms with Crippen molar-refractivity contribution in [3.63, 3.8) is 0 Å². The first-order chi connectivity index (χ1) is 29.7. The minimum absolute atomic E-state index is 0.546. The van der Waals surface area contributed by atoms with Crippen molar-refractivity contribution in [2.75, 3.05) is 0 Å². The SMILES string of the molecule is c1ccc(-c2cc3ccccc3cc2-c2nc(-c3cccc4oc5c6ccccc6ccc5c34)nc(-n3c4c5ccccc5ccc4c4ccc5ccccc5c43)n2)cc1. The maximum Gasteiger partial charge on any atom is 0.238 e. The Hall–Kier alpha value is -8.15. The molecule has 13 aromatic rings. The highest BCUT2D eigenvalue weighted by molar-refractivity contribution is 6.24. The molecule has 0 spiro atoms. The quantitative estimate of drug-likeness (QED) is 0.179. The Morgan fingerprint density at radius 2 is 0.867 bits per heavy atom. The molecule has 3 aromatic heterocycles. The Morgan fingerprint density at radius 3 is 1.52 bits per heavy atom. The summed E-state index contributed by atoms with van der Waals surface area (Å²) in [5.41, 5.74) is 7.70. The van der Waals surface area contributed by atoms with Crippen LogP contribution in [0.2, 0.25) is 0 Å². The van der Waals surface area contributed by atoms with Crippen molar-refractivity contribution in [1.29, 1.82) is 0 Å². The van der Waals surface area contributed by atoms with Gasteiger partial charge in [0.2, 0.25) is 5.95 Å². The lowest BCUT2D eigenvalue weighted by atomic mass is 9.95. The minimum atomic E-state index is 0.546. The normalized spacial score (nSPS) is 12.0. The van der Waals surface area contributed by atoms with Crippen molar-refractivity contribution in [3.05, 3.63) is 194 Å². The minimum Gasteiger partial charge on any atom is -0.455 e. The van der Waals surface area contributed by atoms with Gasteiger partial charge >= 0.3 is 0 Å². The molecular weight excluding hydrogens is 733 g/mol. The molecule has 0 aliphatic carbocycles. The Kier molecular flexibility index (Phi) is 6.95. The van der Waals surface area contributed by atoms with Crippen LogP contribution in [-0.2, 0) is 0 Å². The fourth-order valence-corrected chi connectivity index (χ4v) is 9.47. The summed E-state index contributed by atoms with van der Waals surface area (Å²) < 4.78 is 8.99. The number of fused-ring (bicyclic) bond motifs is 13. The highest BCUT2D eigenvalue weighted by Gasteiger charge is 2.24. The van der Waals surface area contributed by atoms with E-state index in [9.17, 15) is 0 Å². The molecule has 0 saturated heterocycles. The van der Waals surface area contributed by atoms with Crippen LogP contribution in [0.4, 0.5) is 0 Å². The average Bonchev–Trinajstić information content (AvgIpc) is 3.88.